The van der Waals surface area contributed by atoms with Crippen molar-refractivity contribution < 1.29 is 166 Å². The summed E-state index contributed by atoms with van der Waals surface area (Å²) in [5.41, 5.74) is 2.01. The van der Waals surface area contributed by atoms with E-state index in [1.807, 2.05) is 0 Å². The number of carbonyl (C=O) groups excluding carboxylic acids is 3. The number of carbonyl (C=O) groups is 4. The fraction of sp³-hybridized carbons (Fsp3) is 0.783. The number of hydrogen-bond donors (Lipinski definition) is 20. The predicted molar refractivity (Wildman–Crippen MR) is 368 cm³/mol. The summed E-state index contributed by atoms with van der Waals surface area (Å²) >= 11 is 0. The molecule has 20 N–H and O–H groups in total. The van der Waals surface area contributed by atoms with Crippen LogP contribution in [0.15, 0.2) is 41.8 Å². The van der Waals surface area contributed by atoms with Crippen LogP contribution in [0.25, 0.3) is 6.08 Å². The van der Waals surface area contributed by atoms with E-state index in [-0.39, 0.29) is 18.5 Å². The molecule has 7 aliphatic rings. The molecule has 108 heavy (non-hydrogen) atoms. The van der Waals surface area contributed by atoms with E-state index in [0.29, 0.717) is 29.0 Å². The number of aliphatic carboxylic acids is 1. The molecule has 36 nitrogen and oxygen atoms in total. The molecule has 8 rings (SSSR count). The van der Waals surface area contributed by atoms with E-state index in [9.17, 15) is 106 Å². The molecule has 1 aromatic rings. The Hall–Kier alpha value is -5.07. The summed E-state index contributed by atoms with van der Waals surface area (Å²) in [6, 6.07) is -3.51. The summed E-state index contributed by atoms with van der Waals surface area (Å²) in [5, 5.41) is 197. The summed E-state index contributed by atoms with van der Waals surface area (Å²) in [7, 11) is 0. The molecule has 0 bridgehead atoms. The predicted octanol–water partition coefficient (Wildman–Crippen LogP) is -4.86. The lowest BCUT2D eigenvalue weighted by molar-refractivity contribution is -0.403. The van der Waals surface area contributed by atoms with Gasteiger partial charge in [-0.05, 0) is 44.0 Å². The highest BCUT2D eigenvalue weighted by Crippen LogP contribution is 2.42. The van der Waals surface area contributed by atoms with Gasteiger partial charge in [0.2, 0.25) is 17.7 Å². The van der Waals surface area contributed by atoms with Crippen molar-refractivity contribution in [3.8, 4) is 0 Å². The molecule has 0 saturated carbocycles. The van der Waals surface area contributed by atoms with Crippen molar-refractivity contribution >= 4 is 42.4 Å². The van der Waals surface area contributed by atoms with Crippen molar-refractivity contribution in [1.29, 1.82) is 0 Å². The van der Waals surface area contributed by atoms with Crippen molar-refractivity contribution in [2.45, 2.75) is 302 Å². The third kappa shape index (κ3) is 21.0. The van der Waals surface area contributed by atoms with Gasteiger partial charge in [-0.25, -0.2) is 4.79 Å². The Morgan fingerprint density at radius 2 is 1.21 bits per heavy atom. The minimum absolute atomic E-state index is 0.0257. The Labute approximate surface area is 622 Å². The number of amides is 3. The lowest BCUT2D eigenvalue weighted by atomic mass is 9.88. The van der Waals surface area contributed by atoms with Crippen LogP contribution in [0, 0.1) is 0 Å². The van der Waals surface area contributed by atoms with Gasteiger partial charge >= 0.3 is 12.9 Å². The van der Waals surface area contributed by atoms with Crippen molar-refractivity contribution in [2.75, 3.05) is 39.6 Å². The average molecular weight is 1550 g/mol. The SMILES string of the molecule is CCCCCCCCCCCCC/C=C/[C@@H](O)[C@H](CO[C@@H]1O[C@H](CO)[C@@H](O[C@@H]2O[C@H](CO)[C@H](O[C@@H]3O[C@H](CO)[C@H](O)[C@H](O[C@@H]4O[C@H](CO)[C@H](O)[C@H](O)[C@H]4O)[C@H]3NC(C)=O)[C@H](O[C@]3(C(=O)O)C[C@H](O)[C@@H](NC(C)=O)[C@H]([C@H](O)[C@H](O)CO)O3)[C@H]2O)[C@H](O)[C@H]1O)NC(=O)CCc1cc2n(c1)[B-](F)(F)[N+]1=C(C)C=C(C)C1=C2. The molecule has 5 saturated heterocycles. The molecule has 7 aliphatic heterocycles. The van der Waals surface area contributed by atoms with E-state index in [1.54, 1.807) is 38.1 Å². The Morgan fingerprint density at radius 3 is 1.82 bits per heavy atom. The summed E-state index contributed by atoms with van der Waals surface area (Å²) in [4.78, 5) is 53.3. The van der Waals surface area contributed by atoms with E-state index in [2.05, 4.69) is 22.9 Å². The lowest BCUT2D eigenvalue weighted by Gasteiger charge is -2.52. The van der Waals surface area contributed by atoms with Crippen LogP contribution in [-0.4, -0.2) is 343 Å². The number of hydrogen-bond acceptors (Lipinski definition) is 30. The highest BCUT2D eigenvalue weighted by molar-refractivity contribution is 6.58. The van der Waals surface area contributed by atoms with Crippen LogP contribution >= 0.6 is 0 Å². The zero-order chi connectivity index (χ0) is 79.2. The van der Waals surface area contributed by atoms with Gasteiger partial charge in [-0.2, -0.15) is 0 Å². The molecule has 28 atom stereocenters. The highest BCUT2D eigenvalue weighted by atomic mass is 19.2. The number of aliphatic hydroxyl groups is 16. The van der Waals surface area contributed by atoms with Crippen molar-refractivity contribution in [3.05, 3.63) is 53.0 Å². The molecule has 0 aliphatic carbocycles. The number of unbranched alkanes of at least 4 members (excludes halogenated alkanes) is 11. The molecule has 3 amide bonds. The smallest absolute Gasteiger partial charge is 0.477 e. The maximum atomic E-state index is 16.0. The monoisotopic (exact) mass is 1550 g/mol. The number of carboxylic acid groups (broad SMARTS) is 1. The minimum Gasteiger partial charge on any atom is -0.477 e. The number of allylic oxidation sites excluding steroid dienone is 3. The van der Waals surface area contributed by atoms with Crippen LogP contribution in [0.5, 0.6) is 0 Å². The lowest BCUT2D eigenvalue weighted by Crippen LogP contribution is -2.72. The number of carboxylic acids is 1. The molecule has 1 aromatic heterocycles. The van der Waals surface area contributed by atoms with Gasteiger partial charge in [0.1, 0.15) is 122 Å². The number of aromatic nitrogens is 1. The second kappa shape index (κ2) is 40.1. The van der Waals surface area contributed by atoms with Crippen LogP contribution in [0.4, 0.5) is 8.63 Å². The average Bonchev–Trinajstić information content (AvgIpc) is 1.55. The van der Waals surface area contributed by atoms with Gasteiger partial charge in [-0.3, -0.25) is 14.4 Å². The molecular formula is C69H110BF2N5O31. The van der Waals surface area contributed by atoms with E-state index in [0.717, 1.165) is 54.9 Å². The Morgan fingerprint density at radius 1 is 0.667 bits per heavy atom. The van der Waals surface area contributed by atoms with Gasteiger partial charge in [0.25, 0.3) is 5.79 Å². The van der Waals surface area contributed by atoms with Crippen LogP contribution in [-0.2, 0) is 73.0 Å². The fourth-order valence-corrected chi connectivity index (χ4v) is 14.7. The van der Waals surface area contributed by atoms with Gasteiger partial charge < -0.3 is 168 Å². The first-order valence-electron chi connectivity index (χ1n) is 36.9. The summed E-state index contributed by atoms with van der Waals surface area (Å²) in [6.07, 6.45) is -31.7. The van der Waals surface area contributed by atoms with E-state index in [4.69, 9.17) is 47.4 Å². The first-order valence-corrected chi connectivity index (χ1v) is 36.9. The molecule has 0 aromatic carbocycles. The van der Waals surface area contributed by atoms with Crippen LogP contribution < -0.4 is 16.0 Å². The van der Waals surface area contributed by atoms with E-state index < -0.39 is 248 Å². The second-order valence-corrected chi connectivity index (χ2v) is 28.7. The van der Waals surface area contributed by atoms with Crippen molar-refractivity contribution in [3.63, 3.8) is 0 Å². The molecular weight excluding hydrogens is 1440 g/mol. The first-order chi connectivity index (χ1) is 51.3. The third-order valence-corrected chi connectivity index (χ3v) is 20.6. The zero-order valence-corrected chi connectivity index (χ0v) is 60.9. The number of nitrogens with zero attached hydrogens (tertiary/aromatic N) is 2. The van der Waals surface area contributed by atoms with Crippen LogP contribution in [0.2, 0.25) is 0 Å². The largest absolute Gasteiger partial charge is 0.737 e. The Balaban J connectivity index is 1.04. The van der Waals surface area contributed by atoms with Gasteiger partial charge in [-0.15, -0.1) is 0 Å². The molecule has 0 spiro atoms. The molecule has 5 fully saturated rings. The molecule has 39 heteroatoms. The van der Waals surface area contributed by atoms with Crippen LogP contribution in [0.3, 0.4) is 0 Å². The third-order valence-electron chi connectivity index (χ3n) is 20.6. The summed E-state index contributed by atoms with van der Waals surface area (Å²) in [6.45, 7) is -3.26. The van der Waals surface area contributed by atoms with Crippen LogP contribution in [0.1, 0.15) is 136 Å². The van der Waals surface area contributed by atoms with Gasteiger partial charge in [0, 0.05) is 57.0 Å². The number of nitrogens with one attached hydrogen (secondary N) is 3. The molecule has 0 unspecified atom stereocenters. The highest BCUT2D eigenvalue weighted by Gasteiger charge is 2.63. The zero-order valence-electron chi connectivity index (χ0n) is 60.9. The van der Waals surface area contributed by atoms with E-state index >= 15 is 8.63 Å². The fourth-order valence-electron chi connectivity index (χ4n) is 14.7. The minimum atomic E-state index is -4.28. The molecule has 8 heterocycles. The summed E-state index contributed by atoms with van der Waals surface area (Å²) < 4.78 is 93.8. The number of ether oxygens (including phenoxy) is 10. The Kier molecular flexibility index (Phi) is 32.9. The van der Waals surface area contributed by atoms with Crippen molar-refractivity contribution in [2.24, 2.45) is 0 Å². The van der Waals surface area contributed by atoms with Gasteiger partial charge in [0.05, 0.1) is 63.9 Å². The maximum Gasteiger partial charge on any atom is 0.737 e. The first kappa shape index (κ1) is 88.5. The summed E-state index contributed by atoms with van der Waals surface area (Å²) in [5.74, 6) is -8.10. The normalized spacial score (nSPS) is 36.0. The maximum absolute atomic E-state index is 16.0. The molecule has 614 valence electrons. The molecule has 0 radical (unpaired) electrons. The number of fused-ring (bicyclic) bond motifs is 2. The number of aliphatic hydroxyl groups excluding tert-OH is 16. The quantitative estimate of drug-likeness (QED) is 0.0167. The second-order valence-electron chi connectivity index (χ2n) is 28.7. The number of rotatable bonds is 39. The standard InChI is InChI=1S/C69H110BF2N5O31/c1-6-7-8-9-10-11-12-13-14-15-16-17-18-19-41(85)39(75-48(88)21-20-37-23-38-24-40-33(2)22-34(3)77(40)70(71,72)76(38)26-37)32-99-65-57(95)55(93)59(46(30-81)102-65)104-67-58(96)63(108-69(68(97)98)25-42(86)49(73-35(4)83)62(107-69)51(89)43(87)27-78)60(47(31-82)103-67)105-64-50(74-36(5)84)61(53(91)45(29-80)100-64)106-66-56(94)54(92)52(90)44(28-79)101-66/h18-19,22-24,26,39,41-47,49-67,78-82,85-87,89-96H,6-17,20-21,25,27-32H2,1-5H3,(H,73,83)(H,74,84)(H,75,88)(H,97,98)/b19-18+/t39-,41+,42-,43+,44+,45+,46+,47+,49+,50+,51+,52-,53-,54-,55+,56+,57+,58+,59+,60-,61+,62+,63+,64-,65+,66-,67-,69-/m0/s1. The van der Waals surface area contributed by atoms with Crippen molar-refractivity contribution in [1.82, 2.24) is 20.4 Å². The number of halogens is 2. The van der Waals surface area contributed by atoms with Gasteiger partial charge in [-0.1, -0.05) is 83.3 Å². The van der Waals surface area contributed by atoms with Gasteiger partial charge in [0.15, 0.2) is 30.9 Å². The Bertz CT molecular complexity index is 3230. The van der Waals surface area contributed by atoms with E-state index in [1.165, 1.54) is 50.8 Å². The topological polar surface area (TPSA) is 549 Å². The number of aryl methyl sites for hydroxylation is 1.